The fourth-order valence-electron chi connectivity index (χ4n) is 1.59. The van der Waals surface area contributed by atoms with Gasteiger partial charge in [0.2, 0.25) is 0 Å². The summed E-state index contributed by atoms with van der Waals surface area (Å²) < 4.78 is 0. The fourth-order valence-corrected chi connectivity index (χ4v) is 1.59. The van der Waals surface area contributed by atoms with Crippen LogP contribution < -0.4 is 10.6 Å². The molecule has 2 amide bonds. The molecule has 6 heteroatoms. The molecule has 0 saturated heterocycles. The third kappa shape index (κ3) is 3.17. The van der Waals surface area contributed by atoms with Gasteiger partial charge in [0, 0.05) is 24.5 Å². The number of benzene rings is 1. The summed E-state index contributed by atoms with van der Waals surface area (Å²) in [5.41, 5.74) is 1.96. The van der Waals surface area contributed by atoms with Crippen molar-refractivity contribution in [2.24, 2.45) is 0 Å². The number of nitrogens with zero attached hydrogens (tertiary/aromatic N) is 2. The molecule has 20 heavy (non-hydrogen) atoms. The molecule has 0 bridgehead atoms. The van der Waals surface area contributed by atoms with E-state index in [4.69, 9.17) is 0 Å². The Morgan fingerprint density at radius 3 is 2.55 bits per heavy atom. The first-order chi connectivity index (χ1) is 9.60. The van der Waals surface area contributed by atoms with Crippen LogP contribution in [0.4, 0.5) is 5.69 Å². The molecular formula is C14H14N4O2. The van der Waals surface area contributed by atoms with Gasteiger partial charge in [0.15, 0.2) is 0 Å². The van der Waals surface area contributed by atoms with E-state index < -0.39 is 0 Å². The van der Waals surface area contributed by atoms with E-state index in [9.17, 15) is 9.59 Å². The van der Waals surface area contributed by atoms with Crippen LogP contribution in [-0.4, -0.2) is 28.8 Å². The lowest BCUT2D eigenvalue weighted by Crippen LogP contribution is -2.18. The number of hydrogen-bond donors (Lipinski definition) is 2. The molecule has 0 spiro atoms. The zero-order valence-corrected chi connectivity index (χ0v) is 11.2. The number of aromatic nitrogens is 2. The average molecular weight is 270 g/mol. The van der Waals surface area contributed by atoms with Gasteiger partial charge in [-0.3, -0.25) is 14.6 Å². The van der Waals surface area contributed by atoms with Crippen LogP contribution in [0.25, 0.3) is 0 Å². The first-order valence-corrected chi connectivity index (χ1v) is 6.02. The van der Waals surface area contributed by atoms with E-state index in [2.05, 4.69) is 20.6 Å². The van der Waals surface area contributed by atoms with Gasteiger partial charge < -0.3 is 10.6 Å². The summed E-state index contributed by atoms with van der Waals surface area (Å²) >= 11 is 0. The molecule has 1 aromatic heterocycles. The smallest absolute Gasteiger partial charge is 0.275 e. The van der Waals surface area contributed by atoms with Crippen molar-refractivity contribution in [3.8, 4) is 0 Å². The number of carbonyl (C=O) groups excluding carboxylic acids is 2. The third-order valence-corrected chi connectivity index (χ3v) is 2.62. The van der Waals surface area contributed by atoms with Crippen LogP contribution in [0.5, 0.6) is 0 Å². The highest BCUT2D eigenvalue weighted by Crippen LogP contribution is 2.11. The Kier molecular flexibility index (Phi) is 4.05. The minimum absolute atomic E-state index is 0.212. The summed E-state index contributed by atoms with van der Waals surface area (Å²) in [6.07, 6.45) is 2.93. The van der Waals surface area contributed by atoms with Crippen molar-refractivity contribution in [3.05, 3.63) is 53.6 Å². The number of anilines is 1. The molecule has 0 atom stereocenters. The lowest BCUT2D eigenvalue weighted by atomic mass is 10.2. The van der Waals surface area contributed by atoms with Crippen molar-refractivity contribution in [1.29, 1.82) is 0 Å². The largest absolute Gasteiger partial charge is 0.355 e. The van der Waals surface area contributed by atoms with E-state index in [0.717, 1.165) is 5.69 Å². The lowest BCUT2D eigenvalue weighted by molar-refractivity contribution is 0.0961. The molecule has 0 fully saturated rings. The summed E-state index contributed by atoms with van der Waals surface area (Å²) in [5.74, 6) is -0.581. The molecule has 1 aromatic carbocycles. The van der Waals surface area contributed by atoms with Crippen LogP contribution in [0.15, 0.2) is 36.7 Å². The third-order valence-electron chi connectivity index (χ3n) is 2.62. The highest BCUT2D eigenvalue weighted by Gasteiger charge is 2.09. The molecule has 2 rings (SSSR count). The SMILES string of the molecule is CNC(=O)c1cccc(NC(=O)c2cnc(C)cn2)c1. The summed E-state index contributed by atoms with van der Waals surface area (Å²) in [5, 5.41) is 5.20. The molecule has 1 heterocycles. The van der Waals surface area contributed by atoms with E-state index in [1.54, 1.807) is 38.2 Å². The minimum atomic E-state index is -0.369. The topological polar surface area (TPSA) is 84.0 Å². The molecular weight excluding hydrogens is 256 g/mol. The Bertz CT molecular complexity index is 638. The summed E-state index contributed by atoms with van der Waals surface area (Å²) in [6.45, 7) is 1.79. The summed E-state index contributed by atoms with van der Waals surface area (Å²) in [7, 11) is 1.55. The Labute approximate surface area is 116 Å². The van der Waals surface area contributed by atoms with Gasteiger partial charge in [0.25, 0.3) is 11.8 Å². The van der Waals surface area contributed by atoms with Crippen molar-refractivity contribution in [1.82, 2.24) is 15.3 Å². The van der Waals surface area contributed by atoms with Crippen LogP contribution in [0.3, 0.4) is 0 Å². The molecule has 2 N–H and O–H groups in total. The molecule has 6 nitrogen and oxygen atoms in total. The zero-order valence-electron chi connectivity index (χ0n) is 11.2. The van der Waals surface area contributed by atoms with E-state index in [-0.39, 0.29) is 17.5 Å². The Balaban J connectivity index is 2.15. The van der Waals surface area contributed by atoms with Gasteiger partial charge in [-0.1, -0.05) is 6.07 Å². The second-order valence-electron chi connectivity index (χ2n) is 4.16. The highest BCUT2D eigenvalue weighted by molar-refractivity contribution is 6.03. The van der Waals surface area contributed by atoms with Crippen molar-refractivity contribution in [3.63, 3.8) is 0 Å². The van der Waals surface area contributed by atoms with Crippen LogP contribution in [0, 0.1) is 6.92 Å². The van der Waals surface area contributed by atoms with Crippen molar-refractivity contribution >= 4 is 17.5 Å². The summed E-state index contributed by atoms with van der Waals surface area (Å²) in [6, 6.07) is 6.66. The highest BCUT2D eigenvalue weighted by atomic mass is 16.2. The van der Waals surface area contributed by atoms with Gasteiger partial charge >= 0.3 is 0 Å². The predicted molar refractivity (Wildman–Crippen MR) is 74.6 cm³/mol. The normalized spacial score (nSPS) is 9.90. The molecule has 2 aromatic rings. The Hall–Kier alpha value is -2.76. The van der Waals surface area contributed by atoms with E-state index in [0.29, 0.717) is 11.3 Å². The van der Waals surface area contributed by atoms with Crippen molar-refractivity contribution in [2.75, 3.05) is 12.4 Å². The number of carbonyl (C=O) groups is 2. The molecule has 0 aliphatic rings. The maximum absolute atomic E-state index is 12.0. The molecule has 102 valence electrons. The molecule has 0 unspecified atom stereocenters. The second kappa shape index (κ2) is 5.92. The molecule has 0 aliphatic carbocycles. The minimum Gasteiger partial charge on any atom is -0.355 e. The van der Waals surface area contributed by atoms with E-state index in [1.165, 1.54) is 12.4 Å². The van der Waals surface area contributed by atoms with E-state index in [1.807, 2.05) is 0 Å². The van der Waals surface area contributed by atoms with Gasteiger partial charge in [-0.2, -0.15) is 0 Å². The maximum Gasteiger partial charge on any atom is 0.275 e. The quantitative estimate of drug-likeness (QED) is 0.883. The van der Waals surface area contributed by atoms with Crippen LogP contribution in [-0.2, 0) is 0 Å². The summed E-state index contributed by atoms with van der Waals surface area (Å²) in [4.78, 5) is 31.5. The second-order valence-corrected chi connectivity index (χ2v) is 4.16. The van der Waals surface area contributed by atoms with Gasteiger partial charge in [-0.15, -0.1) is 0 Å². The maximum atomic E-state index is 12.0. The number of aryl methyl sites for hydroxylation is 1. The van der Waals surface area contributed by atoms with Crippen LogP contribution >= 0.6 is 0 Å². The lowest BCUT2D eigenvalue weighted by Gasteiger charge is -2.06. The average Bonchev–Trinajstić information content (AvgIpc) is 2.47. The molecule has 0 saturated carbocycles. The first-order valence-electron chi connectivity index (χ1n) is 6.02. The Morgan fingerprint density at radius 2 is 1.90 bits per heavy atom. The van der Waals surface area contributed by atoms with Crippen LogP contribution in [0.1, 0.15) is 26.5 Å². The van der Waals surface area contributed by atoms with Crippen molar-refractivity contribution < 1.29 is 9.59 Å². The zero-order chi connectivity index (χ0) is 14.5. The Morgan fingerprint density at radius 1 is 1.10 bits per heavy atom. The van der Waals surface area contributed by atoms with Crippen LogP contribution in [0.2, 0.25) is 0 Å². The van der Waals surface area contributed by atoms with Crippen molar-refractivity contribution in [2.45, 2.75) is 6.92 Å². The number of nitrogens with one attached hydrogen (secondary N) is 2. The number of hydrogen-bond acceptors (Lipinski definition) is 4. The molecule has 0 aliphatic heterocycles. The predicted octanol–water partition coefficient (Wildman–Crippen LogP) is 1.40. The molecule has 0 radical (unpaired) electrons. The van der Waals surface area contributed by atoms with Gasteiger partial charge in [-0.25, -0.2) is 4.98 Å². The van der Waals surface area contributed by atoms with Gasteiger partial charge in [0.05, 0.1) is 11.9 Å². The number of amides is 2. The van der Waals surface area contributed by atoms with Gasteiger partial charge in [-0.05, 0) is 25.1 Å². The number of rotatable bonds is 3. The fraction of sp³-hybridized carbons (Fsp3) is 0.143. The van der Waals surface area contributed by atoms with E-state index >= 15 is 0 Å². The monoisotopic (exact) mass is 270 g/mol. The first kappa shape index (κ1) is 13.7. The van der Waals surface area contributed by atoms with Gasteiger partial charge in [0.1, 0.15) is 5.69 Å². The standard InChI is InChI=1S/C14H14N4O2/c1-9-7-17-12(8-16-9)14(20)18-11-5-3-4-10(6-11)13(19)15-2/h3-8H,1-2H3,(H,15,19)(H,18,20).